The Balaban J connectivity index is 0.00000134. The molecule has 1 N–H and O–H groups in total. The number of pyridine rings is 1. The Hall–Kier alpha value is -4.78. The van der Waals surface area contributed by atoms with E-state index in [1.165, 1.54) is 19.3 Å². The van der Waals surface area contributed by atoms with Gasteiger partial charge in [-0.25, -0.2) is 0 Å². The van der Waals surface area contributed by atoms with Crippen LogP contribution in [0, 0.1) is 18.3 Å². The second kappa shape index (κ2) is 16.0. The summed E-state index contributed by atoms with van der Waals surface area (Å²) in [6.07, 6.45) is 6.93. The molecular formula is C36H36ClN3O6. The zero-order valence-electron chi connectivity index (χ0n) is 25.7. The lowest BCUT2D eigenvalue weighted by molar-refractivity contribution is -0.122. The first-order valence-corrected chi connectivity index (χ1v) is 15.6. The van der Waals surface area contributed by atoms with Crippen molar-refractivity contribution in [1.82, 2.24) is 9.88 Å². The summed E-state index contributed by atoms with van der Waals surface area (Å²) < 4.78 is 24.2. The number of nitriles is 1. The summed E-state index contributed by atoms with van der Waals surface area (Å²) in [5, 5.41) is 16.7. The van der Waals surface area contributed by atoms with Gasteiger partial charge in [-0.15, -0.1) is 0 Å². The minimum atomic E-state index is -0.250. The van der Waals surface area contributed by atoms with Crippen molar-refractivity contribution < 1.29 is 28.8 Å². The van der Waals surface area contributed by atoms with Crippen molar-refractivity contribution in [3.05, 3.63) is 99.8 Å². The van der Waals surface area contributed by atoms with E-state index in [2.05, 4.69) is 41.1 Å². The second-order valence-electron chi connectivity index (χ2n) is 11.1. The molecule has 0 radical (unpaired) electrons. The van der Waals surface area contributed by atoms with E-state index >= 15 is 0 Å². The maximum Gasteiger partial charge on any atom is 0.290 e. The van der Waals surface area contributed by atoms with Crippen LogP contribution < -0.4 is 18.9 Å². The van der Waals surface area contributed by atoms with E-state index in [0.717, 1.165) is 64.5 Å². The standard InChI is InChI=1S/C35H34ClN3O4.CH2O2/c1-24-28(6-5-7-30(24)27-8-9-32-35(16-27)41-13-12-40-32)23-43-34-17-33(42-22-26-14-25(18-37)19-38-20-26)29(15-31(34)36)21-39-10-3-2-4-11-39;2-1-3/h5-9,14-17,19-20H,2-4,10-13,21-23H2,1H3;1H,(H,2,3). The first-order chi connectivity index (χ1) is 22.5. The van der Waals surface area contributed by atoms with Gasteiger partial charge in [0.1, 0.15) is 44.0 Å². The predicted octanol–water partition coefficient (Wildman–Crippen LogP) is 7.20. The number of carboxylic acid groups (broad SMARTS) is 1. The first kappa shape index (κ1) is 32.6. The zero-order chi connectivity index (χ0) is 32.3. The Morgan fingerprint density at radius 1 is 0.957 bits per heavy atom. The summed E-state index contributed by atoms with van der Waals surface area (Å²) in [6, 6.07) is 20.1. The molecule has 1 aromatic heterocycles. The van der Waals surface area contributed by atoms with Crippen LogP contribution in [0.3, 0.4) is 0 Å². The monoisotopic (exact) mass is 641 g/mol. The molecule has 0 aliphatic carbocycles. The van der Waals surface area contributed by atoms with Crippen LogP contribution in [0.15, 0.2) is 67.0 Å². The van der Waals surface area contributed by atoms with Crippen LogP contribution >= 0.6 is 11.6 Å². The van der Waals surface area contributed by atoms with Gasteiger partial charge in [0.2, 0.25) is 0 Å². The van der Waals surface area contributed by atoms with Gasteiger partial charge in [-0.05, 0) is 79.4 Å². The van der Waals surface area contributed by atoms with E-state index in [1.807, 2.05) is 30.3 Å². The van der Waals surface area contributed by atoms with E-state index in [9.17, 15) is 5.26 Å². The number of benzene rings is 3. The SMILES string of the molecule is Cc1c(COc2cc(OCc3cncc(C#N)c3)c(CN3CCCCC3)cc2Cl)cccc1-c1ccc2c(c1)OCCO2.O=CO. The largest absolute Gasteiger partial charge is 0.488 e. The number of hydrogen-bond acceptors (Lipinski definition) is 8. The third-order valence-corrected chi connectivity index (χ3v) is 8.25. The minimum Gasteiger partial charge on any atom is -0.488 e. The maximum absolute atomic E-state index is 9.26. The molecule has 0 saturated carbocycles. The molecule has 2 aliphatic heterocycles. The first-order valence-electron chi connectivity index (χ1n) is 15.2. The van der Waals surface area contributed by atoms with Crippen molar-refractivity contribution >= 4 is 18.1 Å². The molecule has 3 heterocycles. The molecular weight excluding hydrogens is 606 g/mol. The van der Waals surface area contributed by atoms with E-state index in [4.69, 9.17) is 40.4 Å². The van der Waals surface area contributed by atoms with Crippen LogP contribution in [-0.4, -0.2) is 47.8 Å². The number of fused-ring (bicyclic) bond motifs is 1. The number of halogens is 1. The quantitative estimate of drug-likeness (QED) is 0.190. The summed E-state index contributed by atoms with van der Waals surface area (Å²) in [7, 11) is 0. The van der Waals surface area contributed by atoms with Gasteiger partial charge >= 0.3 is 0 Å². The van der Waals surface area contributed by atoms with Gasteiger partial charge in [0, 0.05) is 36.1 Å². The Bertz CT molecular complexity index is 1700. The van der Waals surface area contributed by atoms with Gasteiger partial charge in [0.05, 0.1) is 10.6 Å². The van der Waals surface area contributed by atoms with E-state index in [-0.39, 0.29) is 13.1 Å². The highest BCUT2D eigenvalue weighted by Crippen LogP contribution is 2.38. The number of hydrogen-bond donors (Lipinski definition) is 1. The molecule has 0 spiro atoms. The van der Waals surface area contributed by atoms with Gasteiger partial charge in [0.25, 0.3) is 6.47 Å². The van der Waals surface area contributed by atoms with Gasteiger partial charge < -0.3 is 24.1 Å². The minimum absolute atomic E-state index is 0.250. The van der Waals surface area contributed by atoms with E-state index in [1.54, 1.807) is 18.5 Å². The van der Waals surface area contributed by atoms with Crippen molar-refractivity contribution in [2.45, 2.75) is 45.9 Å². The average Bonchev–Trinajstić information content (AvgIpc) is 3.08. The molecule has 0 unspecified atom stereocenters. The highest BCUT2D eigenvalue weighted by Gasteiger charge is 2.18. The van der Waals surface area contributed by atoms with E-state index < -0.39 is 0 Å². The number of carbonyl (C=O) groups is 1. The molecule has 1 saturated heterocycles. The van der Waals surface area contributed by atoms with Crippen molar-refractivity contribution in [3.8, 4) is 40.2 Å². The third-order valence-electron chi connectivity index (χ3n) is 7.96. The molecule has 10 heteroatoms. The summed E-state index contributed by atoms with van der Waals surface area (Å²) in [5.41, 5.74) is 6.70. The predicted molar refractivity (Wildman–Crippen MR) is 174 cm³/mol. The van der Waals surface area contributed by atoms with Crippen LogP contribution in [0.5, 0.6) is 23.0 Å². The molecule has 4 aromatic rings. The van der Waals surface area contributed by atoms with Gasteiger partial charge in [-0.2, -0.15) is 5.26 Å². The second-order valence-corrected chi connectivity index (χ2v) is 11.5. The van der Waals surface area contributed by atoms with Crippen LogP contribution in [0.2, 0.25) is 5.02 Å². The highest BCUT2D eigenvalue weighted by molar-refractivity contribution is 6.32. The maximum atomic E-state index is 9.26. The van der Waals surface area contributed by atoms with Crippen LogP contribution in [0.1, 0.15) is 47.1 Å². The lowest BCUT2D eigenvalue weighted by atomic mass is 9.96. The molecule has 2 aliphatic rings. The van der Waals surface area contributed by atoms with Gasteiger partial charge in [-0.3, -0.25) is 14.7 Å². The molecule has 0 atom stereocenters. The Labute approximate surface area is 273 Å². The number of likely N-dealkylation sites (tertiary alicyclic amines) is 1. The number of rotatable bonds is 9. The topological polar surface area (TPSA) is 114 Å². The molecule has 3 aromatic carbocycles. The van der Waals surface area contributed by atoms with E-state index in [0.29, 0.717) is 41.9 Å². The molecule has 46 heavy (non-hydrogen) atoms. The lowest BCUT2D eigenvalue weighted by Crippen LogP contribution is -2.29. The summed E-state index contributed by atoms with van der Waals surface area (Å²) in [4.78, 5) is 15.0. The molecule has 9 nitrogen and oxygen atoms in total. The molecule has 0 bridgehead atoms. The van der Waals surface area contributed by atoms with Crippen LogP contribution in [0.4, 0.5) is 0 Å². The van der Waals surface area contributed by atoms with Gasteiger partial charge in [-0.1, -0.05) is 42.3 Å². The fourth-order valence-electron chi connectivity index (χ4n) is 5.61. The van der Waals surface area contributed by atoms with Crippen molar-refractivity contribution in [2.24, 2.45) is 0 Å². The van der Waals surface area contributed by atoms with Crippen LogP contribution in [0.25, 0.3) is 11.1 Å². The lowest BCUT2D eigenvalue weighted by Gasteiger charge is -2.27. The fourth-order valence-corrected chi connectivity index (χ4v) is 5.85. The summed E-state index contributed by atoms with van der Waals surface area (Å²) in [5.74, 6) is 2.82. The Kier molecular flexibility index (Phi) is 11.3. The summed E-state index contributed by atoms with van der Waals surface area (Å²) >= 11 is 6.81. The summed E-state index contributed by atoms with van der Waals surface area (Å²) in [6.45, 7) is 6.48. The normalized spacial score (nSPS) is 13.9. The molecule has 238 valence electrons. The van der Waals surface area contributed by atoms with Crippen molar-refractivity contribution in [2.75, 3.05) is 26.3 Å². The van der Waals surface area contributed by atoms with Crippen molar-refractivity contribution in [1.29, 1.82) is 5.26 Å². The van der Waals surface area contributed by atoms with Crippen molar-refractivity contribution in [3.63, 3.8) is 0 Å². The number of aromatic nitrogens is 1. The molecule has 0 amide bonds. The third kappa shape index (κ3) is 8.27. The number of ether oxygens (including phenoxy) is 4. The fraction of sp³-hybridized carbons (Fsp3) is 0.306. The zero-order valence-corrected chi connectivity index (χ0v) is 26.5. The Morgan fingerprint density at radius 3 is 2.50 bits per heavy atom. The molecule has 1 fully saturated rings. The van der Waals surface area contributed by atoms with Gasteiger partial charge in [0.15, 0.2) is 11.5 Å². The van der Waals surface area contributed by atoms with Crippen LogP contribution in [-0.2, 0) is 24.6 Å². The average molecular weight is 642 g/mol. The number of piperidine rings is 1. The smallest absolute Gasteiger partial charge is 0.290 e. The molecule has 6 rings (SSSR count). The Morgan fingerprint density at radius 2 is 1.72 bits per heavy atom. The number of nitrogens with zero attached hydrogens (tertiary/aromatic N) is 3. The highest BCUT2D eigenvalue weighted by atomic mass is 35.5.